The Bertz CT molecular complexity index is 954. The number of quaternary nitrogens is 1. The molecule has 0 spiro atoms. The number of anilines is 2. The Hall–Kier alpha value is -2.43. The van der Waals surface area contributed by atoms with Crippen molar-refractivity contribution in [3.05, 3.63) is 48.5 Å². The number of halogens is 1. The summed E-state index contributed by atoms with van der Waals surface area (Å²) in [5.41, 5.74) is 4.62. The summed E-state index contributed by atoms with van der Waals surface area (Å²) in [6.45, 7) is 9.35. The summed E-state index contributed by atoms with van der Waals surface area (Å²) in [6.07, 6.45) is 0. The lowest BCUT2D eigenvalue weighted by Gasteiger charge is -2.24. The molecule has 4 rings (SSSR count). The van der Waals surface area contributed by atoms with E-state index in [2.05, 4.69) is 84.8 Å². The van der Waals surface area contributed by atoms with Crippen LogP contribution in [0.4, 0.5) is 22.7 Å². The number of benzene rings is 3. The average molecular weight is 384 g/mol. The molecule has 27 heavy (non-hydrogen) atoms. The number of fused-ring (bicyclic) bond motifs is 4. The summed E-state index contributed by atoms with van der Waals surface area (Å²) >= 11 is 0. The molecule has 0 aliphatic carbocycles. The molecule has 4 nitrogen and oxygen atoms in total. The Morgan fingerprint density at radius 1 is 0.926 bits per heavy atom. The number of rotatable bonds is 5. The minimum atomic E-state index is 0. The van der Waals surface area contributed by atoms with Gasteiger partial charge in [0.05, 0.1) is 0 Å². The van der Waals surface area contributed by atoms with Crippen LogP contribution in [0.5, 0.6) is 11.5 Å². The molecular formula is C22H26ClN3O. The molecule has 0 unspecified atom stereocenters. The molecule has 0 fully saturated rings. The van der Waals surface area contributed by atoms with Gasteiger partial charge in [-0.1, -0.05) is 18.2 Å². The van der Waals surface area contributed by atoms with E-state index in [4.69, 9.17) is 4.74 Å². The lowest BCUT2D eigenvalue weighted by molar-refractivity contribution is -0.481. The third-order valence-electron chi connectivity index (χ3n) is 5.06. The van der Waals surface area contributed by atoms with E-state index in [1.807, 2.05) is 0 Å². The maximum atomic E-state index is 6.35. The Kier molecular flexibility index (Phi) is 5.78. The molecule has 1 aliphatic rings. The molecule has 142 valence electrons. The topological polar surface area (TPSA) is 41.1 Å². The lowest BCUT2D eigenvalue weighted by Crippen LogP contribution is -3.00. The molecule has 0 aromatic heterocycles. The second-order valence-corrected chi connectivity index (χ2v) is 6.55. The Balaban J connectivity index is 0.00000210. The van der Waals surface area contributed by atoms with E-state index < -0.39 is 0 Å². The first-order valence-corrected chi connectivity index (χ1v) is 9.46. The maximum absolute atomic E-state index is 6.35. The summed E-state index contributed by atoms with van der Waals surface area (Å²) in [6, 6.07) is 17.2. The van der Waals surface area contributed by atoms with Crippen LogP contribution in [0.1, 0.15) is 20.8 Å². The molecule has 0 bridgehead atoms. The molecule has 3 aromatic rings. The van der Waals surface area contributed by atoms with Crippen LogP contribution < -0.4 is 32.7 Å². The summed E-state index contributed by atoms with van der Waals surface area (Å²) < 4.78 is 6.35. The Labute approximate surface area is 166 Å². The van der Waals surface area contributed by atoms with Crippen LogP contribution in [-0.4, -0.2) is 19.6 Å². The highest BCUT2D eigenvalue weighted by atomic mass is 35.5. The highest BCUT2D eigenvalue weighted by Gasteiger charge is 2.25. The second kappa shape index (κ2) is 8.07. The van der Waals surface area contributed by atoms with Crippen LogP contribution in [0.2, 0.25) is 0 Å². The summed E-state index contributed by atoms with van der Waals surface area (Å²) in [7, 11) is 0. The monoisotopic (exact) mass is 383 g/mol. The first-order valence-electron chi connectivity index (χ1n) is 9.46. The Morgan fingerprint density at radius 3 is 2.37 bits per heavy atom. The maximum Gasteiger partial charge on any atom is 0.191 e. The molecule has 0 radical (unpaired) electrons. The number of hydrogen-bond donors (Lipinski definition) is 2. The van der Waals surface area contributed by atoms with Crippen LogP contribution in [0.3, 0.4) is 0 Å². The first-order chi connectivity index (χ1) is 12.7. The van der Waals surface area contributed by atoms with Crippen molar-refractivity contribution in [2.24, 2.45) is 0 Å². The van der Waals surface area contributed by atoms with Gasteiger partial charge in [-0.2, -0.15) is 0 Å². The third-order valence-corrected chi connectivity index (χ3v) is 5.06. The number of nitrogens with one attached hydrogen (secondary N) is 1. The molecule has 0 saturated heterocycles. The van der Waals surface area contributed by atoms with Crippen LogP contribution in [0, 0.1) is 0 Å². The van der Waals surface area contributed by atoms with Gasteiger partial charge in [-0.15, -0.1) is 0 Å². The van der Waals surface area contributed by atoms with E-state index >= 15 is 0 Å². The zero-order valence-corrected chi connectivity index (χ0v) is 16.8. The van der Waals surface area contributed by atoms with Crippen molar-refractivity contribution in [3.63, 3.8) is 0 Å². The lowest BCUT2D eigenvalue weighted by atomic mass is 10.0. The SMILES string of the molecule is CCNc1cc2c(c3ccccc13)[NH2+]c1ccc(N(CC)CC)cc1O2.[Cl-]. The zero-order valence-electron chi connectivity index (χ0n) is 16.1. The molecule has 0 saturated carbocycles. The summed E-state index contributed by atoms with van der Waals surface area (Å²) in [5.74, 6) is 1.85. The largest absolute Gasteiger partial charge is 1.00 e. The van der Waals surface area contributed by atoms with Crippen molar-refractivity contribution in [2.75, 3.05) is 29.9 Å². The van der Waals surface area contributed by atoms with E-state index in [0.717, 1.165) is 48.2 Å². The van der Waals surface area contributed by atoms with Crippen molar-refractivity contribution in [1.82, 2.24) is 0 Å². The predicted molar refractivity (Wildman–Crippen MR) is 109 cm³/mol. The molecule has 3 N–H and O–H groups in total. The fraction of sp³-hybridized carbons (Fsp3) is 0.273. The summed E-state index contributed by atoms with van der Waals surface area (Å²) in [4.78, 5) is 2.34. The minimum Gasteiger partial charge on any atom is -1.00 e. The van der Waals surface area contributed by atoms with Gasteiger partial charge in [0, 0.05) is 60.0 Å². The van der Waals surface area contributed by atoms with E-state index in [0.29, 0.717) is 0 Å². The predicted octanol–water partition coefficient (Wildman–Crippen LogP) is 1.75. The second-order valence-electron chi connectivity index (χ2n) is 6.55. The van der Waals surface area contributed by atoms with Gasteiger partial charge in [-0.05, 0) is 32.9 Å². The fourth-order valence-corrected chi connectivity index (χ4v) is 3.73. The molecule has 1 aliphatic heterocycles. The normalized spacial score (nSPS) is 11.8. The van der Waals surface area contributed by atoms with Gasteiger partial charge in [-0.3, -0.25) is 5.32 Å². The highest BCUT2D eigenvalue weighted by molar-refractivity contribution is 6.02. The average Bonchev–Trinajstić information content (AvgIpc) is 2.68. The van der Waals surface area contributed by atoms with Crippen molar-refractivity contribution in [1.29, 1.82) is 0 Å². The van der Waals surface area contributed by atoms with E-state index in [1.54, 1.807) is 0 Å². The number of hydrogen-bond acceptors (Lipinski definition) is 3. The van der Waals surface area contributed by atoms with E-state index in [9.17, 15) is 0 Å². The van der Waals surface area contributed by atoms with Crippen molar-refractivity contribution >= 4 is 33.5 Å². The third kappa shape index (κ3) is 3.43. The van der Waals surface area contributed by atoms with Crippen molar-refractivity contribution in [2.45, 2.75) is 20.8 Å². The van der Waals surface area contributed by atoms with Crippen LogP contribution in [0.25, 0.3) is 10.8 Å². The number of nitrogens with two attached hydrogens (primary N) is 1. The van der Waals surface area contributed by atoms with Gasteiger partial charge >= 0.3 is 0 Å². The van der Waals surface area contributed by atoms with Gasteiger partial charge in [0.1, 0.15) is 0 Å². The van der Waals surface area contributed by atoms with Gasteiger partial charge < -0.3 is 27.4 Å². The molecule has 1 heterocycles. The summed E-state index contributed by atoms with van der Waals surface area (Å²) in [5, 5.41) is 8.17. The molecule has 3 aromatic carbocycles. The quantitative estimate of drug-likeness (QED) is 0.516. The van der Waals surface area contributed by atoms with Crippen molar-refractivity contribution < 1.29 is 22.5 Å². The Morgan fingerprint density at radius 2 is 1.67 bits per heavy atom. The van der Waals surface area contributed by atoms with Crippen LogP contribution in [0.15, 0.2) is 48.5 Å². The smallest absolute Gasteiger partial charge is 0.191 e. The van der Waals surface area contributed by atoms with Crippen LogP contribution in [-0.2, 0) is 0 Å². The molecule has 0 amide bonds. The van der Waals surface area contributed by atoms with Crippen molar-refractivity contribution in [3.8, 4) is 11.5 Å². The van der Waals surface area contributed by atoms with Crippen LogP contribution >= 0.6 is 0 Å². The van der Waals surface area contributed by atoms with E-state index in [-0.39, 0.29) is 12.4 Å². The molecular weight excluding hydrogens is 358 g/mol. The highest BCUT2D eigenvalue weighted by Crippen LogP contribution is 2.43. The van der Waals surface area contributed by atoms with Gasteiger partial charge in [0.15, 0.2) is 22.9 Å². The number of nitrogens with zero attached hydrogens (tertiary/aromatic N) is 1. The molecule has 0 atom stereocenters. The zero-order chi connectivity index (χ0) is 18.1. The van der Waals surface area contributed by atoms with Gasteiger partial charge in [-0.25, -0.2) is 0 Å². The fourth-order valence-electron chi connectivity index (χ4n) is 3.73. The molecule has 5 heteroatoms. The standard InChI is InChI=1S/C22H25N3O.ClH/c1-4-23-19-14-21-22(17-10-8-7-9-16(17)19)24-18-12-11-15(13-20(18)26-21)25(5-2)6-3;/h7-14,23-24H,4-6H2,1-3H3;1H. The van der Waals surface area contributed by atoms with Gasteiger partial charge in [0.2, 0.25) is 0 Å². The minimum absolute atomic E-state index is 0. The van der Waals surface area contributed by atoms with E-state index in [1.165, 1.54) is 16.5 Å². The first kappa shape index (κ1) is 19.3. The van der Waals surface area contributed by atoms with Gasteiger partial charge in [0.25, 0.3) is 0 Å². The number of ether oxygens (including phenoxy) is 1.